The van der Waals surface area contributed by atoms with Crippen molar-refractivity contribution < 1.29 is 4.79 Å². The first-order valence-corrected chi connectivity index (χ1v) is 5.78. The van der Waals surface area contributed by atoms with Crippen LogP contribution in [0.15, 0.2) is 0 Å². The standard InChI is InChI=1S/C11H23N3O/c1-14(2)11(15)7-8-13-10-5-3-9(12)4-6-10/h9-10,13H,3-8,12H2,1-2H3. The van der Waals surface area contributed by atoms with E-state index < -0.39 is 0 Å². The van der Waals surface area contributed by atoms with Crippen molar-refractivity contribution in [1.29, 1.82) is 0 Å². The van der Waals surface area contributed by atoms with Crippen LogP contribution >= 0.6 is 0 Å². The van der Waals surface area contributed by atoms with E-state index in [4.69, 9.17) is 5.73 Å². The molecule has 4 heteroatoms. The van der Waals surface area contributed by atoms with Crippen LogP contribution in [0.2, 0.25) is 0 Å². The van der Waals surface area contributed by atoms with E-state index in [1.807, 2.05) is 0 Å². The molecule has 0 heterocycles. The van der Waals surface area contributed by atoms with Crippen molar-refractivity contribution in [3.05, 3.63) is 0 Å². The van der Waals surface area contributed by atoms with E-state index in [-0.39, 0.29) is 5.91 Å². The molecule has 0 aliphatic heterocycles. The topological polar surface area (TPSA) is 58.4 Å². The highest BCUT2D eigenvalue weighted by molar-refractivity contribution is 5.75. The first-order chi connectivity index (χ1) is 7.09. The quantitative estimate of drug-likeness (QED) is 0.707. The smallest absolute Gasteiger partial charge is 0.223 e. The van der Waals surface area contributed by atoms with Gasteiger partial charge in [-0.15, -0.1) is 0 Å². The van der Waals surface area contributed by atoms with Gasteiger partial charge in [0.2, 0.25) is 5.91 Å². The Hall–Kier alpha value is -0.610. The third-order valence-corrected chi connectivity index (χ3v) is 3.04. The second kappa shape index (κ2) is 6.08. The summed E-state index contributed by atoms with van der Waals surface area (Å²) in [6.07, 6.45) is 5.11. The molecule has 1 rings (SSSR count). The zero-order valence-corrected chi connectivity index (χ0v) is 9.83. The molecule has 3 N–H and O–H groups in total. The van der Waals surface area contributed by atoms with E-state index in [0.29, 0.717) is 18.5 Å². The van der Waals surface area contributed by atoms with Crippen LogP contribution in [-0.4, -0.2) is 43.5 Å². The second-order valence-electron chi connectivity index (χ2n) is 4.60. The van der Waals surface area contributed by atoms with Gasteiger partial charge in [0.05, 0.1) is 0 Å². The molecule has 0 spiro atoms. The van der Waals surface area contributed by atoms with Crippen molar-refractivity contribution in [1.82, 2.24) is 10.2 Å². The summed E-state index contributed by atoms with van der Waals surface area (Å²) in [5, 5.41) is 3.42. The molecule has 15 heavy (non-hydrogen) atoms. The van der Waals surface area contributed by atoms with Gasteiger partial charge in [-0.05, 0) is 25.7 Å². The molecule has 0 saturated heterocycles. The number of hydrogen-bond acceptors (Lipinski definition) is 3. The maximum absolute atomic E-state index is 11.3. The van der Waals surface area contributed by atoms with Gasteiger partial charge < -0.3 is 16.0 Å². The molecule has 0 aromatic rings. The van der Waals surface area contributed by atoms with E-state index in [9.17, 15) is 4.79 Å². The van der Waals surface area contributed by atoms with Gasteiger partial charge in [0.15, 0.2) is 0 Å². The summed E-state index contributed by atoms with van der Waals surface area (Å²) in [5.74, 6) is 0.190. The lowest BCUT2D eigenvalue weighted by atomic mass is 9.92. The summed E-state index contributed by atoms with van der Waals surface area (Å²) < 4.78 is 0. The Kier molecular flexibility index (Phi) is 5.05. The average molecular weight is 213 g/mol. The first-order valence-electron chi connectivity index (χ1n) is 5.78. The largest absolute Gasteiger partial charge is 0.349 e. The second-order valence-corrected chi connectivity index (χ2v) is 4.60. The molecule has 1 saturated carbocycles. The minimum absolute atomic E-state index is 0.190. The molecule has 4 nitrogen and oxygen atoms in total. The summed E-state index contributed by atoms with van der Waals surface area (Å²) >= 11 is 0. The Bertz CT molecular complexity index is 198. The molecule has 1 aliphatic rings. The van der Waals surface area contributed by atoms with Crippen LogP contribution in [0, 0.1) is 0 Å². The minimum Gasteiger partial charge on any atom is -0.349 e. The first kappa shape index (κ1) is 12.5. The molecule has 1 amide bonds. The molecule has 0 aromatic heterocycles. The van der Waals surface area contributed by atoms with Crippen LogP contribution in [0.5, 0.6) is 0 Å². The number of nitrogens with two attached hydrogens (primary N) is 1. The number of nitrogens with one attached hydrogen (secondary N) is 1. The normalized spacial score (nSPS) is 26.3. The van der Waals surface area contributed by atoms with Crippen molar-refractivity contribution in [2.75, 3.05) is 20.6 Å². The molecule has 1 fully saturated rings. The number of carbonyl (C=O) groups is 1. The fourth-order valence-electron chi connectivity index (χ4n) is 1.93. The fraction of sp³-hybridized carbons (Fsp3) is 0.909. The Morgan fingerprint density at radius 2 is 1.93 bits per heavy atom. The maximum Gasteiger partial charge on any atom is 0.223 e. The summed E-state index contributed by atoms with van der Waals surface area (Å²) in [6.45, 7) is 0.789. The number of carbonyl (C=O) groups excluding carboxylic acids is 1. The van der Waals surface area contributed by atoms with Gasteiger partial charge in [-0.3, -0.25) is 4.79 Å². The lowest BCUT2D eigenvalue weighted by Crippen LogP contribution is -2.38. The fourth-order valence-corrected chi connectivity index (χ4v) is 1.93. The molecule has 0 atom stereocenters. The van der Waals surface area contributed by atoms with Crippen LogP contribution in [0.1, 0.15) is 32.1 Å². The monoisotopic (exact) mass is 213 g/mol. The summed E-state index contributed by atoms with van der Waals surface area (Å²) in [4.78, 5) is 12.9. The van der Waals surface area contributed by atoms with Crippen molar-refractivity contribution >= 4 is 5.91 Å². The third-order valence-electron chi connectivity index (χ3n) is 3.04. The molecule has 0 radical (unpaired) electrons. The number of rotatable bonds is 4. The van der Waals surface area contributed by atoms with Crippen molar-refractivity contribution in [2.45, 2.75) is 44.2 Å². The van der Waals surface area contributed by atoms with E-state index in [2.05, 4.69) is 5.32 Å². The number of hydrogen-bond donors (Lipinski definition) is 2. The van der Waals surface area contributed by atoms with Gasteiger partial charge in [-0.2, -0.15) is 0 Å². The van der Waals surface area contributed by atoms with Gasteiger partial charge in [0.25, 0.3) is 0 Å². The highest BCUT2D eigenvalue weighted by Crippen LogP contribution is 2.16. The Morgan fingerprint density at radius 3 is 2.47 bits per heavy atom. The summed E-state index contributed by atoms with van der Waals surface area (Å²) in [7, 11) is 3.59. The van der Waals surface area contributed by atoms with Crippen LogP contribution in [0.4, 0.5) is 0 Å². The highest BCUT2D eigenvalue weighted by atomic mass is 16.2. The summed E-state index contributed by atoms with van der Waals surface area (Å²) in [5.41, 5.74) is 5.83. The maximum atomic E-state index is 11.3. The van der Waals surface area contributed by atoms with Crippen LogP contribution in [-0.2, 0) is 4.79 Å². The van der Waals surface area contributed by atoms with Gasteiger partial charge in [0, 0.05) is 39.1 Å². The lowest BCUT2D eigenvalue weighted by Gasteiger charge is -2.27. The van der Waals surface area contributed by atoms with E-state index in [1.165, 1.54) is 0 Å². The van der Waals surface area contributed by atoms with Gasteiger partial charge >= 0.3 is 0 Å². The van der Waals surface area contributed by atoms with Gasteiger partial charge in [0.1, 0.15) is 0 Å². The van der Waals surface area contributed by atoms with Crippen LogP contribution < -0.4 is 11.1 Å². The minimum atomic E-state index is 0.190. The molecule has 0 unspecified atom stereocenters. The molecular formula is C11H23N3O. The summed E-state index contributed by atoms with van der Waals surface area (Å²) in [6, 6.07) is 0.964. The van der Waals surface area contributed by atoms with E-state index in [0.717, 1.165) is 32.2 Å². The van der Waals surface area contributed by atoms with Gasteiger partial charge in [-0.25, -0.2) is 0 Å². The van der Waals surface area contributed by atoms with Gasteiger partial charge in [-0.1, -0.05) is 0 Å². The van der Waals surface area contributed by atoms with E-state index >= 15 is 0 Å². The zero-order chi connectivity index (χ0) is 11.3. The number of nitrogens with zero attached hydrogens (tertiary/aromatic N) is 1. The van der Waals surface area contributed by atoms with Crippen molar-refractivity contribution in [2.24, 2.45) is 5.73 Å². The molecular weight excluding hydrogens is 190 g/mol. The molecule has 0 aromatic carbocycles. The van der Waals surface area contributed by atoms with Crippen LogP contribution in [0.3, 0.4) is 0 Å². The Morgan fingerprint density at radius 1 is 1.33 bits per heavy atom. The highest BCUT2D eigenvalue weighted by Gasteiger charge is 2.17. The Balaban J connectivity index is 2.08. The predicted octanol–water partition coefficient (Wildman–Crippen LogP) is 0.324. The van der Waals surface area contributed by atoms with Crippen molar-refractivity contribution in [3.8, 4) is 0 Å². The average Bonchev–Trinajstić information content (AvgIpc) is 2.20. The third kappa shape index (κ3) is 4.62. The SMILES string of the molecule is CN(C)C(=O)CCNC1CCC(N)CC1. The Labute approximate surface area is 92.2 Å². The lowest BCUT2D eigenvalue weighted by molar-refractivity contribution is -0.128. The molecule has 0 bridgehead atoms. The van der Waals surface area contributed by atoms with E-state index in [1.54, 1.807) is 19.0 Å². The zero-order valence-electron chi connectivity index (χ0n) is 9.83. The van der Waals surface area contributed by atoms with Crippen LogP contribution in [0.25, 0.3) is 0 Å². The molecule has 88 valence electrons. The predicted molar refractivity (Wildman–Crippen MR) is 61.5 cm³/mol. The molecule has 1 aliphatic carbocycles. The number of amides is 1. The van der Waals surface area contributed by atoms with Crippen molar-refractivity contribution in [3.63, 3.8) is 0 Å².